The summed E-state index contributed by atoms with van der Waals surface area (Å²) in [7, 11) is 0. The summed E-state index contributed by atoms with van der Waals surface area (Å²) in [5.74, 6) is 0.238. The number of halogens is 2. The minimum atomic E-state index is -0.461. The third-order valence-electron chi connectivity index (χ3n) is 3.73. The Balaban J connectivity index is 0.00000225. The highest BCUT2D eigenvalue weighted by molar-refractivity contribution is 5.76. The minimum Gasteiger partial charge on any atom is -1.00 e. The number of benzene rings is 2. The lowest BCUT2D eigenvalue weighted by Crippen LogP contribution is -3.00. The molecule has 0 bridgehead atoms. The number of primary amides is 1. The SMILES string of the molecule is NC(=O)C[n+]1c(N)n(CCOc2ccc(F)cc2)c2ccccc21.[Cl-]. The molecule has 25 heavy (non-hydrogen) atoms. The summed E-state index contributed by atoms with van der Waals surface area (Å²) < 4.78 is 22.0. The van der Waals surface area contributed by atoms with Crippen LogP contribution in [-0.4, -0.2) is 17.1 Å². The highest BCUT2D eigenvalue weighted by Crippen LogP contribution is 2.16. The van der Waals surface area contributed by atoms with Crippen LogP contribution in [0.15, 0.2) is 48.5 Å². The number of hydrogen-bond donors (Lipinski definition) is 2. The van der Waals surface area contributed by atoms with E-state index in [-0.39, 0.29) is 24.8 Å². The fraction of sp³-hybridized carbons (Fsp3) is 0.176. The summed E-state index contributed by atoms with van der Waals surface area (Å²) in [6.45, 7) is 0.846. The van der Waals surface area contributed by atoms with Crippen LogP contribution in [0.25, 0.3) is 11.0 Å². The Morgan fingerprint density at radius 1 is 1.16 bits per heavy atom. The van der Waals surface area contributed by atoms with Gasteiger partial charge in [-0.1, -0.05) is 12.1 Å². The van der Waals surface area contributed by atoms with Gasteiger partial charge in [0.05, 0.1) is 0 Å². The van der Waals surface area contributed by atoms with Gasteiger partial charge < -0.3 is 22.9 Å². The highest BCUT2D eigenvalue weighted by atomic mass is 35.5. The van der Waals surface area contributed by atoms with Crippen molar-refractivity contribution in [1.29, 1.82) is 0 Å². The average molecular weight is 365 g/mol. The van der Waals surface area contributed by atoms with Gasteiger partial charge in [-0.05, 0) is 36.4 Å². The minimum absolute atomic E-state index is 0. The molecule has 0 unspecified atom stereocenters. The molecular weight excluding hydrogens is 347 g/mol. The number of amides is 1. The predicted molar refractivity (Wildman–Crippen MR) is 87.6 cm³/mol. The Bertz CT molecular complexity index is 880. The van der Waals surface area contributed by atoms with E-state index in [2.05, 4.69) is 0 Å². The summed E-state index contributed by atoms with van der Waals surface area (Å²) in [5, 5.41) is 0. The lowest BCUT2D eigenvalue weighted by Gasteiger charge is -2.06. The molecule has 0 radical (unpaired) electrons. The zero-order chi connectivity index (χ0) is 17.1. The lowest BCUT2D eigenvalue weighted by molar-refractivity contribution is -0.644. The van der Waals surface area contributed by atoms with Crippen LogP contribution in [0, 0.1) is 5.82 Å². The molecule has 4 N–H and O–H groups in total. The van der Waals surface area contributed by atoms with E-state index >= 15 is 0 Å². The second-order valence-corrected chi connectivity index (χ2v) is 5.35. The Morgan fingerprint density at radius 3 is 2.52 bits per heavy atom. The number of nitrogens with two attached hydrogens (primary N) is 2. The lowest BCUT2D eigenvalue weighted by atomic mass is 10.3. The maximum atomic E-state index is 12.9. The standard InChI is InChI=1S/C17H17FN4O2.ClH/c18-12-5-7-13(8-6-12)24-10-9-21-14-3-1-2-4-15(14)22(17(21)20)11-16(19)23;/h1-8,20H,9-11H2,(H2,19,23);1H. The van der Waals surface area contributed by atoms with Crippen molar-refractivity contribution in [3.63, 3.8) is 0 Å². The predicted octanol–water partition coefficient (Wildman–Crippen LogP) is -1.78. The van der Waals surface area contributed by atoms with Crippen molar-refractivity contribution in [2.24, 2.45) is 5.73 Å². The number of carbonyl (C=O) groups excluding carboxylic acids is 1. The topological polar surface area (TPSA) is 87.2 Å². The molecule has 2 aromatic carbocycles. The molecule has 3 aromatic rings. The van der Waals surface area contributed by atoms with Crippen LogP contribution in [-0.2, 0) is 17.9 Å². The van der Waals surface area contributed by atoms with Gasteiger partial charge in [-0.3, -0.25) is 10.5 Å². The molecule has 0 aliphatic heterocycles. The molecule has 0 atom stereocenters. The molecule has 0 spiro atoms. The number of nitrogens with zero attached hydrogens (tertiary/aromatic N) is 2. The van der Waals surface area contributed by atoms with Gasteiger partial charge in [-0.2, -0.15) is 0 Å². The summed E-state index contributed by atoms with van der Waals surface area (Å²) in [4.78, 5) is 11.3. The Hall–Kier alpha value is -2.80. The molecule has 0 aliphatic rings. The number of hydrogen-bond acceptors (Lipinski definition) is 3. The summed E-state index contributed by atoms with van der Waals surface area (Å²) in [6, 6.07) is 13.4. The second kappa shape index (κ2) is 7.85. The van der Waals surface area contributed by atoms with E-state index in [1.807, 2.05) is 28.8 Å². The number of carbonyl (C=O) groups is 1. The van der Waals surface area contributed by atoms with Crippen molar-refractivity contribution in [2.75, 3.05) is 12.3 Å². The molecule has 8 heteroatoms. The van der Waals surface area contributed by atoms with Crippen LogP contribution in [0.1, 0.15) is 0 Å². The van der Waals surface area contributed by atoms with Gasteiger partial charge in [0, 0.05) is 0 Å². The number of fused-ring (bicyclic) bond motifs is 1. The first kappa shape index (κ1) is 18.5. The number of para-hydroxylation sites is 2. The van der Waals surface area contributed by atoms with E-state index in [0.29, 0.717) is 24.8 Å². The van der Waals surface area contributed by atoms with Crippen LogP contribution in [0.2, 0.25) is 0 Å². The number of rotatable bonds is 6. The summed E-state index contributed by atoms with van der Waals surface area (Å²) in [6.07, 6.45) is 0. The monoisotopic (exact) mass is 364 g/mol. The third kappa shape index (κ3) is 4.00. The average Bonchev–Trinajstić information content (AvgIpc) is 2.82. The van der Waals surface area contributed by atoms with E-state index in [1.54, 1.807) is 16.7 Å². The van der Waals surface area contributed by atoms with Gasteiger partial charge >= 0.3 is 5.95 Å². The van der Waals surface area contributed by atoms with Gasteiger partial charge in [-0.15, -0.1) is 0 Å². The quantitative estimate of drug-likeness (QED) is 0.507. The molecule has 6 nitrogen and oxygen atoms in total. The second-order valence-electron chi connectivity index (χ2n) is 5.35. The number of imidazole rings is 1. The summed E-state index contributed by atoms with van der Waals surface area (Å²) in [5.41, 5.74) is 13.2. The van der Waals surface area contributed by atoms with Crippen molar-refractivity contribution >= 4 is 22.9 Å². The largest absolute Gasteiger partial charge is 1.00 e. The molecule has 0 fully saturated rings. The smallest absolute Gasteiger partial charge is 0.356 e. The normalized spacial score (nSPS) is 10.4. The van der Waals surface area contributed by atoms with E-state index in [1.165, 1.54) is 12.1 Å². The molecule has 1 aromatic heterocycles. The number of ether oxygens (including phenoxy) is 1. The number of aromatic nitrogens is 2. The Labute approximate surface area is 150 Å². The summed E-state index contributed by atoms with van der Waals surface area (Å²) >= 11 is 0. The van der Waals surface area contributed by atoms with Crippen LogP contribution in [0.5, 0.6) is 5.75 Å². The highest BCUT2D eigenvalue weighted by Gasteiger charge is 2.21. The first-order chi connectivity index (χ1) is 11.6. The molecular formula is C17H18ClFN4O2. The zero-order valence-corrected chi connectivity index (χ0v) is 14.1. The van der Waals surface area contributed by atoms with Crippen molar-refractivity contribution < 1.29 is 30.9 Å². The number of anilines is 1. The van der Waals surface area contributed by atoms with Gasteiger partial charge in [0.2, 0.25) is 0 Å². The maximum absolute atomic E-state index is 12.9. The van der Waals surface area contributed by atoms with E-state index in [4.69, 9.17) is 16.2 Å². The van der Waals surface area contributed by atoms with Gasteiger partial charge in [0.1, 0.15) is 35.8 Å². The molecule has 0 saturated heterocycles. The fourth-order valence-electron chi connectivity index (χ4n) is 2.66. The molecule has 3 rings (SSSR count). The Kier molecular flexibility index (Phi) is 5.82. The van der Waals surface area contributed by atoms with Gasteiger partial charge in [0.25, 0.3) is 5.91 Å². The molecule has 1 heterocycles. The Morgan fingerprint density at radius 2 is 1.84 bits per heavy atom. The van der Waals surface area contributed by atoms with Crippen LogP contribution < -0.4 is 33.2 Å². The van der Waals surface area contributed by atoms with Crippen molar-refractivity contribution in [3.8, 4) is 5.75 Å². The first-order valence-corrected chi connectivity index (χ1v) is 7.49. The van der Waals surface area contributed by atoms with Crippen molar-refractivity contribution in [1.82, 2.24) is 4.57 Å². The van der Waals surface area contributed by atoms with E-state index in [0.717, 1.165) is 11.0 Å². The van der Waals surface area contributed by atoms with Crippen molar-refractivity contribution in [2.45, 2.75) is 13.1 Å². The maximum Gasteiger partial charge on any atom is 0.356 e. The van der Waals surface area contributed by atoms with E-state index < -0.39 is 5.91 Å². The van der Waals surface area contributed by atoms with E-state index in [9.17, 15) is 9.18 Å². The molecule has 0 aliphatic carbocycles. The number of nitrogen functional groups attached to an aromatic ring is 1. The third-order valence-corrected chi connectivity index (χ3v) is 3.73. The molecule has 1 amide bonds. The van der Waals surface area contributed by atoms with Gasteiger partial charge in [0.15, 0.2) is 6.54 Å². The van der Waals surface area contributed by atoms with Crippen molar-refractivity contribution in [3.05, 3.63) is 54.3 Å². The fourth-order valence-corrected chi connectivity index (χ4v) is 2.66. The van der Waals surface area contributed by atoms with Crippen LogP contribution in [0.4, 0.5) is 10.3 Å². The van der Waals surface area contributed by atoms with Gasteiger partial charge in [-0.25, -0.2) is 13.5 Å². The van der Waals surface area contributed by atoms with Crippen LogP contribution >= 0.6 is 0 Å². The zero-order valence-electron chi connectivity index (χ0n) is 13.4. The first-order valence-electron chi connectivity index (χ1n) is 7.49. The molecule has 0 saturated carbocycles. The van der Waals surface area contributed by atoms with Crippen LogP contribution in [0.3, 0.4) is 0 Å². The molecule has 132 valence electrons.